The SMILES string of the molecule is CCOc1cccc(C(=O)NCCOc2ccc(SC(=O)NO)cc2)c1. The van der Waals surface area contributed by atoms with E-state index in [1.165, 1.54) is 0 Å². The Labute approximate surface area is 155 Å². The molecule has 0 atom stereocenters. The second kappa shape index (κ2) is 10.3. The largest absolute Gasteiger partial charge is 0.494 e. The Hall–Kier alpha value is -2.71. The van der Waals surface area contributed by atoms with E-state index in [1.807, 2.05) is 6.92 Å². The summed E-state index contributed by atoms with van der Waals surface area (Å²) in [5, 5.41) is 10.7. The Morgan fingerprint density at radius 3 is 2.54 bits per heavy atom. The maximum Gasteiger partial charge on any atom is 0.307 e. The van der Waals surface area contributed by atoms with E-state index in [0.717, 1.165) is 11.8 Å². The molecule has 0 spiro atoms. The molecule has 2 aromatic carbocycles. The number of amides is 2. The number of ether oxygens (including phenoxy) is 2. The van der Waals surface area contributed by atoms with Crippen LogP contribution in [0.2, 0.25) is 0 Å². The van der Waals surface area contributed by atoms with E-state index in [1.54, 1.807) is 54.0 Å². The van der Waals surface area contributed by atoms with Crippen LogP contribution in [-0.2, 0) is 0 Å². The molecule has 0 saturated heterocycles. The van der Waals surface area contributed by atoms with Crippen LogP contribution < -0.4 is 20.3 Å². The van der Waals surface area contributed by atoms with E-state index in [9.17, 15) is 9.59 Å². The summed E-state index contributed by atoms with van der Waals surface area (Å²) in [5.41, 5.74) is 2.08. The van der Waals surface area contributed by atoms with E-state index < -0.39 is 5.24 Å². The molecule has 2 amide bonds. The molecule has 0 heterocycles. The Kier molecular flexibility index (Phi) is 7.78. The van der Waals surface area contributed by atoms with Crippen LogP contribution in [0.5, 0.6) is 11.5 Å². The number of nitrogens with one attached hydrogen (secondary N) is 2. The number of hydrogen-bond acceptors (Lipinski definition) is 6. The molecule has 3 N–H and O–H groups in total. The smallest absolute Gasteiger partial charge is 0.307 e. The van der Waals surface area contributed by atoms with Gasteiger partial charge in [-0.3, -0.25) is 14.8 Å². The van der Waals surface area contributed by atoms with Gasteiger partial charge in [-0.2, -0.15) is 0 Å². The van der Waals surface area contributed by atoms with Crippen molar-refractivity contribution in [2.24, 2.45) is 0 Å². The van der Waals surface area contributed by atoms with Crippen molar-refractivity contribution in [2.75, 3.05) is 19.8 Å². The minimum absolute atomic E-state index is 0.197. The van der Waals surface area contributed by atoms with Crippen molar-refractivity contribution in [1.29, 1.82) is 0 Å². The van der Waals surface area contributed by atoms with E-state index in [-0.39, 0.29) is 5.91 Å². The van der Waals surface area contributed by atoms with Gasteiger partial charge in [0, 0.05) is 10.5 Å². The molecule has 0 aliphatic carbocycles. The molecule has 0 fully saturated rings. The molecular weight excluding hydrogens is 356 g/mol. The lowest BCUT2D eigenvalue weighted by Gasteiger charge is -2.09. The second-order valence-corrected chi connectivity index (χ2v) is 6.08. The third kappa shape index (κ3) is 6.30. The normalized spacial score (nSPS) is 10.1. The predicted molar refractivity (Wildman–Crippen MR) is 98.1 cm³/mol. The molecule has 138 valence electrons. The maximum atomic E-state index is 12.1. The van der Waals surface area contributed by atoms with Gasteiger partial charge in [-0.25, -0.2) is 5.48 Å². The zero-order valence-corrected chi connectivity index (χ0v) is 15.0. The lowest BCUT2D eigenvalue weighted by molar-refractivity contribution is 0.0946. The first-order valence-electron chi connectivity index (χ1n) is 7.98. The van der Waals surface area contributed by atoms with Crippen LogP contribution in [0.1, 0.15) is 17.3 Å². The number of hydrogen-bond donors (Lipinski definition) is 3. The lowest BCUT2D eigenvalue weighted by atomic mass is 10.2. The fraction of sp³-hybridized carbons (Fsp3) is 0.222. The molecule has 0 bridgehead atoms. The Morgan fingerprint density at radius 1 is 1.08 bits per heavy atom. The van der Waals surface area contributed by atoms with Crippen LogP contribution in [-0.4, -0.2) is 36.1 Å². The highest BCUT2D eigenvalue weighted by molar-refractivity contribution is 8.13. The first-order chi connectivity index (χ1) is 12.6. The third-order valence-corrected chi connectivity index (χ3v) is 3.97. The van der Waals surface area contributed by atoms with Gasteiger partial charge in [0.25, 0.3) is 5.91 Å². The highest BCUT2D eigenvalue weighted by Crippen LogP contribution is 2.21. The highest BCUT2D eigenvalue weighted by atomic mass is 32.2. The van der Waals surface area contributed by atoms with Gasteiger partial charge in [0.2, 0.25) is 0 Å². The molecule has 0 saturated carbocycles. The number of carbonyl (C=O) groups is 2. The van der Waals surface area contributed by atoms with Gasteiger partial charge < -0.3 is 14.8 Å². The van der Waals surface area contributed by atoms with E-state index in [0.29, 0.717) is 41.7 Å². The van der Waals surface area contributed by atoms with Gasteiger partial charge in [0.15, 0.2) is 0 Å². The van der Waals surface area contributed by atoms with Crippen LogP contribution >= 0.6 is 11.8 Å². The summed E-state index contributed by atoms with van der Waals surface area (Å²) in [6.45, 7) is 3.08. The van der Waals surface area contributed by atoms with Crippen LogP contribution in [0.25, 0.3) is 0 Å². The minimum atomic E-state index is -0.560. The van der Waals surface area contributed by atoms with Crippen LogP contribution in [0.3, 0.4) is 0 Å². The molecule has 2 rings (SSSR count). The Balaban J connectivity index is 1.75. The fourth-order valence-electron chi connectivity index (χ4n) is 2.06. The quantitative estimate of drug-likeness (QED) is 0.284. The van der Waals surface area contributed by atoms with Crippen molar-refractivity contribution < 1.29 is 24.3 Å². The molecule has 0 aliphatic heterocycles. The first-order valence-corrected chi connectivity index (χ1v) is 8.80. The fourth-order valence-corrected chi connectivity index (χ4v) is 2.59. The van der Waals surface area contributed by atoms with Gasteiger partial charge in [-0.05, 0) is 61.2 Å². The molecule has 0 unspecified atom stereocenters. The molecule has 8 heteroatoms. The summed E-state index contributed by atoms with van der Waals surface area (Å²) in [4.78, 5) is 23.8. The monoisotopic (exact) mass is 376 g/mol. The summed E-state index contributed by atoms with van der Waals surface area (Å²) in [6.07, 6.45) is 0. The maximum absolute atomic E-state index is 12.1. The molecular formula is C18H20N2O5S. The minimum Gasteiger partial charge on any atom is -0.494 e. The number of rotatable bonds is 8. The van der Waals surface area contributed by atoms with Crippen molar-refractivity contribution in [3.63, 3.8) is 0 Å². The summed E-state index contributed by atoms with van der Waals surface area (Å²) in [7, 11) is 0. The average molecular weight is 376 g/mol. The molecule has 0 aromatic heterocycles. The summed E-state index contributed by atoms with van der Waals surface area (Å²) >= 11 is 0.864. The van der Waals surface area contributed by atoms with Crippen molar-refractivity contribution in [3.8, 4) is 11.5 Å². The third-order valence-electron chi connectivity index (χ3n) is 3.19. The number of benzene rings is 2. The lowest BCUT2D eigenvalue weighted by Crippen LogP contribution is -2.28. The van der Waals surface area contributed by atoms with Gasteiger partial charge in [0.05, 0.1) is 13.2 Å². The zero-order valence-electron chi connectivity index (χ0n) is 14.2. The van der Waals surface area contributed by atoms with E-state index >= 15 is 0 Å². The van der Waals surface area contributed by atoms with Crippen molar-refractivity contribution in [3.05, 3.63) is 54.1 Å². The molecule has 26 heavy (non-hydrogen) atoms. The highest BCUT2D eigenvalue weighted by Gasteiger charge is 2.06. The van der Waals surface area contributed by atoms with Crippen LogP contribution in [0, 0.1) is 0 Å². The number of hydroxylamine groups is 1. The molecule has 2 aromatic rings. The predicted octanol–water partition coefficient (Wildman–Crippen LogP) is 3.09. The Morgan fingerprint density at radius 2 is 1.85 bits per heavy atom. The standard InChI is InChI=1S/C18H20N2O5S/c1-2-24-15-5-3-4-13(12-15)17(21)19-10-11-25-14-6-8-16(9-7-14)26-18(22)20-23/h3-9,12,23H,2,10-11H2,1H3,(H,19,21)(H,20,22). The molecule has 0 aliphatic rings. The summed E-state index contributed by atoms with van der Waals surface area (Å²) in [6, 6.07) is 13.8. The number of carbonyl (C=O) groups excluding carboxylic acids is 2. The molecule has 0 radical (unpaired) electrons. The second-order valence-electron chi connectivity index (χ2n) is 5.04. The molecule has 7 nitrogen and oxygen atoms in total. The van der Waals surface area contributed by atoms with Crippen molar-refractivity contribution >= 4 is 22.9 Å². The van der Waals surface area contributed by atoms with E-state index in [2.05, 4.69) is 5.32 Å². The van der Waals surface area contributed by atoms with Gasteiger partial charge >= 0.3 is 5.24 Å². The van der Waals surface area contributed by atoms with Crippen LogP contribution in [0.4, 0.5) is 4.79 Å². The summed E-state index contributed by atoms with van der Waals surface area (Å²) in [5.74, 6) is 1.08. The summed E-state index contributed by atoms with van der Waals surface area (Å²) < 4.78 is 10.9. The Bertz CT molecular complexity index is 737. The average Bonchev–Trinajstić information content (AvgIpc) is 2.66. The van der Waals surface area contributed by atoms with Crippen LogP contribution in [0.15, 0.2) is 53.4 Å². The van der Waals surface area contributed by atoms with Gasteiger partial charge in [-0.15, -0.1) is 0 Å². The van der Waals surface area contributed by atoms with Gasteiger partial charge in [0.1, 0.15) is 18.1 Å². The number of thioether (sulfide) groups is 1. The van der Waals surface area contributed by atoms with Crippen molar-refractivity contribution in [2.45, 2.75) is 11.8 Å². The van der Waals surface area contributed by atoms with Gasteiger partial charge in [-0.1, -0.05) is 6.07 Å². The first kappa shape index (κ1) is 19.6. The topological polar surface area (TPSA) is 96.9 Å². The zero-order chi connectivity index (χ0) is 18.8. The van der Waals surface area contributed by atoms with Crippen molar-refractivity contribution in [1.82, 2.24) is 10.8 Å². The van der Waals surface area contributed by atoms with E-state index in [4.69, 9.17) is 14.7 Å².